The number of esters is 1. The van der Waals surface area contributed by atoms with Crippen molar-refractivity contribution in [3.05, 3.63) is 11.6 Å². The Morgan fingerprint density at radius 2 is 1.64 bits per heavy atom. The number of nitrogens with zero attached hydrogens (tertiary/aromatic N) is 1. The number of Topliss-reactive ketones (excluding diaryl/α,β-unsaturated/α-hetero) is 2. The molecule has 5 nitrogen and oxygen atoms in total. The van der Waals surface area contributed by atoms with Gasteiger partial charge in [-0.3, -0.25) is 14.4 Å². The highest BCUT2D eigenvalue weighted by molar-refractivity contribution is 6.04. The van der Waals surface area contributed by atoms with Gasteiger partial charge in [-0.15, -0.1) is 0 Å². The van der Waals surface area contributed by atoms with Gasteiger partial charge in [0.05, 0.1) is 12.2 Å². The van der Waals surface area contributed by atoms with Crippen molar-refractivity contribution in [2.45, 2.75) is 113 Å². The largest absolute Gasteiger partial charge is 0.466 e. The molecule has 1 unspecified atom stereocenters. The SMILES string of the molecule is CC(=O)OCC[C@@]12CCC(C)(C)C[C@H]1[C@H]1C(=O)CC3[C@@]4(C)C=C(C#N)C(=O)C(C)(C)[C@@H]4CC[C@@]3(C)[C@]1(C)CC2. The van der Waals surface area contributed by atoms with Crippen LogP contribution in [0.2, 0.25) is 0 Å². The maximum atomic E-state index is 14.6. The molecule has 214 valence electrons. The van der Waals surface area contributed by atoms with Crippen LogP contribution in [0.5, 0.6) is 0 Å². The number of fused-ring (bicyclic) bond motifs is 7. The van der Waals surface area contributed by atoms with Gasteiger partial charge >= 0.3 is 5.97 Å². The van der Waals surface area contributed by atoms with Gasteiger partial charge in [0.2, 0.25) is 0 Å². The number of carbonyl (C=O) groups is 3. The molecule has 5 aliphatic carbocycles. The van der Waals surface area contributed by atoms with Crippen LogP contribution in [-0.4, -0.2) is 24.1 Å². The van der Waals surface area contributed by atoms with Crippen LogP contribution in [0.3, 0.4) is 0 Å². The van der Waals surface area contributed by atoms with Crippen LogP contribution in [0.15, 0.2) is 11.6 Å². The number of rotatable bonds is 3. The Bertz CT molecular complexity index is 1170. The molecule has 0 saturated heterocycles. The highest BCUT2D eigenvalue weighted by Crippen LogP contribution is 2.76. The Morgan fingerprint density at radius 3 is 2.28 bits per heavy atom. The molecular formula is C34H49NO4. The average molecular weight is 536 g/mol. The maximum absolute atomic E-state index is 14.6. The monoisotopic (exact) mass is 535 g/mol. The van der Waals surface area contributed by atoms with E-state index in [0.717, 1.165) is 51.4 Å². The lowest BCUT2D eigenvalue weighted by atomic mass is 9.31. The summed E-state index contributed by atoms with van der Waals surface area (Å²) in [6, 6.07) is 2.22. The van der Waals surface area contributed by atoms with Gasteiger partial charge in [-0.2, -0.15) is 5.26 Å². The minimum absolute atomic E-state index is 0.00204. The Hall–Kier alpha value is -1.96. The van der Waals surface area contributed by atoms with E-state index >= 15 is 0 Å². The van der Waals surface area contributed by atoms with E-state index in [1.54, 1.807) is 0 Å². The topological polar surface area (TPSA) is 84.2 Å². The molecule has 0 spiro atoms. The molecule has 4 saturated carbocycles. The second-order valence-corrected chi connectivity index (χ2v) is 16.1. The summed E-state index contributed by atoms with van der Waals surface area (Å²) < 4.78 is 5.47. The minimum atomic E-state index is -0.609. The molecule has 0 bridgehead atoms. The first-order chi connectivity index (χ1) is 18.0. The van der Waals surface area contributed by atoms with Crippen LogP contribution >= 0.6 is 0 Å². The van der Waals surface area contributed by atoms with E-state index in [0.29, 0.717) is 24.7 Å². The van der Waals surface area contributed by atoms with Crippen molar-refractivity contribution in [2.24, 2.45) is 56.2 Å². The van der Waals surface area contributed by atoms with Gasteiger partial charge in [-0.1, -0.05) is 54.5 Å². The Kier molecular flexibility index (Phi) is 6.42. The summed E-state index contributed by atoms with van der Waals surface area (Å²) in [5, 5.41) is 9.92. The average Bonchev–Trinajstić information content (AvgIpc) is 2.83. The van der Waals surface area contributed by atoms with E-state index in [1.807, 2.05) is 19.9 Å². The van der Waals surface area contributed by atoms with Gasteiger partial charge in [0, 0.05) is 24.7 Å². The number of ether oxygens (including phenoxy) is 1. The number of hydrogen-bond acceptors (Lipinski definition) is 5. The first kappa shape index (κ1) is 28.6. The third-order valence-corrected chi connectivity index (χ3v) is 13.6. The molecule has 0 amide bonds. The normalized spacial score (nSPS) is 46.0. The number of ketones is 2. The standard InChI is InChI=1S/C34H49NO4/c1-21(36)39-16-15-34-13-11-29(2,3)19-23(34)27-24(37)17-26-31(6)18-22(20-35)28(38)30(4,5)25(31)9-10-32(26,7)33(27,8)12-14-34/h18,23,25-27H,9-17,19H2,1-8H3/t23-,25-,26?,27-,31-,32+,33+,34-/m0/s1. The molecule has 5 heteroatoms. The summed E-state index contributed by atoms with van der Waals surface area (Å²) in [4.78, 5) is 39.5. The van der Waals surface area contributed by atoms with E-state index in [-0.39, 0.29) is 62.2 Å². The van der Waals surface area contributed by atoms with Crippen LogP contribution in [-0.2, 0) is 19.1 Å². The molecule has 0 aromatic heterocycles. The molecule has 39 heavy (non-hydrogen) atoms. The van der Waals surface area contributed by atoms with Crippen molar-refractivity contribution < 1.29 is 19.1 Å². The number of carbonyl (C=O) groups excluding carboxylic acids is 3. The quantitative estimate of drug-likeness (QED) is 0.356. The van der Waals surface area contributed by atoms with E-state index < -0.39 is 5.41 Å². The molecular weight excluding hydrogens is 486 g/mol. The third-order valence-electron chi connectivity index (χ3n) is 13.6. The van der Waals surface area contributed by atoms with Crippen molar-refractivity contribution in [3.8, 4) is 6.07 Å². The molecule has 8 atom stereocenters. The molecule has 0 aromatic rings. The second-order valence-electron chi connectivity index (χ2n) is 16.1. The molecule has 0 aromatic carbocycles. The smallest absolute Gasteiger partial charge is 0.302 e. The van der Waals surface area contributed by atoms with Gasteiger partial charge in [-0.05, 0) is 96.2 Å². The number of allylic oxidation sites excluding steroid dienone is 2. The summed E-state index contributed by atoms with van der Waals surface area (Å²) in [5.41, 5.74) is -0.665. The van der Waals surface area contributed by atoms with Gasteiger partial charge in [0.15, 0.2) is 5.78 Å². The second kappa shape index (κ2) is 8.77. The van der Waals surface area contributed by atoms with Gasteiger partial charge in [0.1, 0.15) is 11.9 Å². The summed E-state index contributed by atoms with van der Waals surface area (Å²) in [6.45, 7) is 17.8. The fourth-order valence-corrected chi connectivity index (χ4v) is 11.3. The number of hydrogen-bond donors (Lipinski definition) is 0. The van der Waals surface area contributed by atoms with Gasteiger partial charge in [0.25, 0.3) is 0 Å². The first-order valence-corrected chi connectivity index (χ1v) is 15.3. The fraction of sp³-hybridized carbons (Fsp3) is 0.824. The fourth-order valence-electron chi connectivity index (χ4n) is 11.3. The van der Waals surface area contributed by atoms with Crippen LogP contribution < -0.4 is 0 Å². The lowest BCUT2D eigenvalue weighted by Gasteiger charge is -2.72. The summed E-state index contributed by atoms with van der Waals surface area (Å²) in [5.74, 6) is 0.652. The van der Waals surface area contributed by atoms with Gasteiger partial charge < -0.3 is 4.74 Å². The zero-order chi connectivity index (χ0) is 28.8. The lowest BCUT2D eigenvalue weighted by Crippen LogP contribution is -2.68. The molecule has 0 heterocycles. The van der Waals surface area contributed by atoms with Crippen molar-refractivity contribution in [2.75, 3.05) is 6.61 Å². The Labute approximate surface area is 235 Å². The zero-order valence-corrected chi connectivity index (χ0v) is 25.5. The number of nitriles is 1. The van der Waals surface area contributed by atoms with E-state index in [1.165, 1.54) is 6.92 Å². The Morgan fingerprint density at radius 1 is 0.974 bits per heavy atom. The van der Waals surface area contributed by atoms with Crippen LogP contribution in [0.25, 0.3) is 0 Å². The van der Waals surface area contributed by atoms with Crippen molar-refractivity contribution in [1.82, 2.24) is 0 Å². The molecule has 4 fully saturated rings. The van der Waals surface area contributed by atoms with Crippen LogP contribution in [0, 0.1) is 67.5 Å². The molecule has 0 N–H and O–H groups in total. The lowest BCUT2D eigenvalue weighted by molar-refractivity contribution is -0.224. The summed E-state index contributed by atoms with van der Waals surface area (Å²) in [6.07, 6.45) is 10.7. The molecule has 5 rings (SSSR count). The van der Waals surface area contributed by atoms with Crippen LogP contribution in [0.4, 0.5) is 0 Å². The van der Waals surface area contributed by atoms with Gasteiger partial charge in [-0.25, -0.2) is 0 Å². The van der Waals surface area contributed by atoms with Crippen molar-refractivity contribution in [1.29, 1.82) is 5.26 Å². The minimum Gasteiger partial charge on any atom is -0.466 e. The van der Waals surface area contributed by atoms with E-state index in [9.17, 15) is 19.6 Å². The predicted octanol–water partition coefficient (Wildman–Crippen LogP) is 7.24. The molecule has 5 aliphatic rings. The third kappa shape index (κ3) is 3.86. The highest BCUT2D eigenvalue weighted by Gasteiger charge is 2.72. The predicted molar refractivity (Wildman–Crippen MR) is 150 cm³/mol. The highest BCUT2D eigenvalue weighted by atomic mass is 16.5. The Balaban J connectivity index is 1.58. The summed E-state index contributed by atoms with van der Waals surface area (Å²) >= 11 is 0. The van der Waals surface area contributed by atoms with Crippen molar-refractivity contribution >= 4 is 17.5 Å². The first-order valence-electron chi connectivity index (χ1n) is 15.3. The molecule has 0 aliphatic heterocycles. The zero-order valence-electron chi connectivity index (χ0n) is 25.5. The van der Waals surface area contributed by atoms with E-state index in [4.69, 9.17) is 4.74 Å². The van der Waals surface area contributed by atoms with Crippen LogP contribution in [0.1, 0.15) is 113 Å². The summed E-state index contributed by atoms with van der Waals surface area (Å²) in [7, 11) is 0. The van der Waals surface area contributed by atoms with E-state index in [2.05, 4.69) is 40.7 Å². The maximum Gasteiger partial charge on any atom is 0.302 e. The van der Waals surface area contributed by atoms with Crippen molar-refractivity contribution in [3.63, 3.8) is 0 Å². The molecule has 0 radical (unpaired) electrons.